The molecular formula is C15H15NO5S. The van der Waals surface area contributed by atoms with Crippen LogP contribution in [-0.4, -0.2) is 30.3 Å². The van der Waals surface area contributed by atoms with Gasteiger partial charge < -0.3 is 9.52 Å². The summed E-state index contributed by atoms with van der Waals surface area (Å²) in [5.74, 6) is -1.16. The number of carbonyl (C=O) groups is 1. The molecular weight excluding hydrogens is 306 g/mol. The van der Waals surface area contributed by atoms with Gasteiger partial charge in [-0.15, -0.1) is 0 Å². The molecule has 1 aliphatic rings. The summed E-state index contributed by atoms with van der Waals surface area (Å²) in [5, 5.41) is 8.54. The fourth-order valence-corrected chi connectivity index (χ4v) is 4.12. The van der Waals surface area contributed by atoms with Gasteiger partial charge >= 0.3 is 5.97 Å². The molecule has 1 aromatic carbocycles. The first-order valence-corrected chi connectivity index (χ1v) is 8.23. The van der Waals surface area contributed by atoms with Gasteiger partial charge in [-0.1, -0.05) is 31.2 Å². The average Bonchev–Trinajstić information content (AvgIpc) is 2.98. The van der Waals surface area contributed by atoms with Crippen LogP contribution >= 0.6 is 0 Å². The molecule has 0 bridgehead atoms. The van der Waals surface area contributed by atoms with E-state index in [0.29, 0.717) is 6.54 Å². The van der Waals surface area contributed by atoms with Gasteiger partial charge in [-0.25, -0.2) is 13.2 Å². The van der Waals surface area contributed by atoms with Gasteiger partial charge in [-0.3, -0.25) is 0 Å². The molecule has 0 amide bonds. The van der Waals surface area contributed by atoms with Crippen LogP contribution in [0.25, 0.3) is 0 Å². The van der Waals surface area contributed by atoms with Crippen LogP contribution < -0.4 is 0 Å². The first-order valence-electron chi connectivity index (χ1n) is 6.79. The lowest BCUT2D eigenvalue weighted by Gasteiger charge is -2.31. The number of hydrogen-bond acceptors (Lipinski definition) is 4. The van der Waals surface area contributed by atoms with Crippen LogP contribution in [0.3, 0.4) is 0 Å². The third kappa shape index (κ3) is 2.42. The highest BCUT2D eigenvalue weighted by Gasteiger charge is 2.33. The van der Waals surface area contributed by atoms with Crippen LogP contribution in [0.1, 0.15) is 34.3 Å². The van der Waals surface area contributed by atoms with Gasteiger partial charge in [0, 0.05) is 19.2 Å². The highest BCUT2D eigenvalue weighted by atomic mass is 32.2. The molecule has 1 unspecified atom stereocenters. The van der Waals surface area contributed by atoms with E-state index in [2.05, 4.69) is 0 Å². The van der Waals surface area contributed by atoms with E-state index in [-0.39, 0.29) is 23.1 Å². The number of sulfonamides is 1. The highest BCUT2D eigenvalue weighted by molar-refractivity contribution is 7.89. The standard InChI is InChI=1S/C15H15NO5S/c1-10-7-16(8-11-4-2-3-5-13(10)11)22(19,20)14-6-12(9-21-14)15(17)18/h2-6,9-10H,7-8H2,1H3,(H,17,18). The highest BCUT2D eigenvalue weighted by Crippen LogP contribution is 2.31. The Hall–Kier alpha value is -2.12. The van der Waals surface area contributed by atoms with Crippen LogP contribution in [0.4, 0.5) is 0 Å². The minimum Gasteiger partial charge on any atom is -0.478 e. The van der Waals surface area contributed by atoms with E-state index in [0.717, 1.165) is 23.5 Å². The monoisotopic (exact) mass is 321 g/mol. The molecule has 3 rings (SSSR count). The molecule has 1 aliphatic heterocycles. The van der Waals surface area contributed by atoms with Crippen molar-refractivity contribution in [2.45, 2.75) is 24.5 Å². The Balaban J connectivity index is 1.95. The largest absolute Gasteiger partial charge is 0.478 e. The third-order valence-corrected chi connectivity index (χ3v) is 5.51. The number of aromatic carboxylic acids is 1. The van der Waals surface area contributed by atoms with Crippen molar-refractivity contribution in [3.05, 3.63) is 53.3 Å². The summed E-state index contributed by atoms with van der Waals surface area (Å²) >= 11 is 0. The maximum atomic E-state index is 12.6. The number of furan rings is 1. The predicted octanol–water partition coefficient (Wildman–Crippen LogP) is 2.29. The van der Waals surface area contributed by atoms with Crippen molar-refractivity contribution >= 4 is 16.0 Å². The molecule has 1 aromatic heterocycles. The van der Waals surface area contributed by atoms with Gasteiger partial charge in [0.15, 0.2) is 0 Å². The molecule has 2 aromatic rings. The molecule has 0 saturated carbocycles. The molecule has 6 nitrogen and oxygen atoms in total. The van der Waals surface area contributed by atoms with Crippen LogP contribution in [0.15, 0.2) is 46.1 Å². The van der Waals surface area contributed by atoms with Gasteiger partial charge in [0.2, 0.25) is 5.09 Å². The summed E-state index contributed by atoms with van der Waals surface area (Å²) in [5.41, 5.74) is 1.92. The Morgan fingerprint density at radius 2 is 2.09 bits per heavy atom. The topological polar surface area (TPSA) is 87.8 Å². The number of rotatable bonds is 3. The van der Waals surface area contributed by atoms with E-state index in [9.17, 15) is 13.2 Å². The fraction of sp³-hybridized carbons (Fsp3) is 0.267. The van der Waals surface area contributed by atoms with Crippen LogP contribution in [-0.2, 0) is 16.6 Å². The van der Waals surface area contributed by atoms with Crippen molar-refractivity contribution in [2.75, 3.05) is 6.54 Å². The molecule has 0 spiro atoms. The maximum Gasteiger partial charge on any atom is 0.339 e. The van der Waals surface area contributed by atoms with Crippen molar-refractivity contribution in [2.24, 2.45) is 0 Å². The van der Waals surface area contributed by atoms with Gasteiger partial charge in [0.05, 0.1) is 5.56 Å². The minimum atomic E-state index is -3.85. The molecule has 7 heteroatoms. The van der Waals surface area contributed by atoms with E-state index in [1.54, 1.807) is 0 Å². The molecule has 116 valence electrons. The van der Waals surface area contributed by atoms with Crippen molar-refractivity contribution in [1.29, 1.82) is 0 Å². The summed E-state index contributed by atoms with van der Waals surface area (Å²) in [6.07, 6.45) is 0.941. The molecule has 1 atom stereocenters. The molecule has 1 N–H and O–H groups in total. The normalized spacial score (nSPS) is 18.9. The first kappa shape index (κ1) is 14.8. The van der Waals surface area contributed by atoms with E-state index in [1.165, 1.54) is 4.31 Å². The molecule has 2 heterocycles. The quantitative estimate of drug-likeness (QED) is 0.937. The average molecular weight is 321 g/mol. The molecule has 0 aliphatic carbocycles. The summed E-state index contributed by atoms with van der Waals surface area (Å²) in [6.45, 7) is 2.56. The summed E-state index contributed by atoms with van der Waals surface area (Å²) in [7, 11) is -3.85. The van der Waals surface area contributed by atoms with E-state index < -0.39 is 16.0 Å². The Morgan fingerprint density at radius 3 is 2.77 bits per heavy atom. The lowest BCUT2D eigenvalue weighted by Crippen LogP contribution is -2.37. The van der Waals surface area contributed by atoms with Crippen molar-refractivity contribution in [1.82, 2.24) is 4.31 Å². The second-order valence-corrected chi connectivity index (χ2v) is 7.23. The Kier molecular flexibility index (Phi) is 3.54. The van der Waals surface area contributed by atoms with Crippen molar-refractivity contribution in [3.8, 4) is 0 Å². The number of carboxylic acids is 1. The van der Waals surface area contributed by atoms with Gasteiger partial charge in [0.25, 0.3) is 10.0 Å². The smallest absolute Gasteiger partial charge is 0.339 e. The second-order valence-electron chi connectivity index (χ2n) is 5.36. The van der Waals surface area contributed by atoms with Crippen LogP contribution in [0, 0.1) is 0 Å². The summed E-state index contributed by atoms with van der Waals surface area (Å²) in [4.78, 5) is 10.9. The Bertz CT molecular complexity index is 824. The lowest BCUT2D eigenvalue weighted by molar-refractivity contribution is 0.0696. The maximum absolute atomic E-state index is 12.6. The number of nitrogens with zero attached hydrogens (tertiary/aromatic N) is 1. The second kappa shape index (κ2) is 5.26. The SMILES string of the molecule is CC1CN(S(=O)(=O)c2cc(C(=O)O)co2)Cc2ccccc21. The van der Waals surface area contributed by atoms with E-state index in [1.807, 2.05) is 31.2 Å². The zero-order valence-electron chi connectivity index (χ0n) is 11.9. The predicted molar refractivity (Wildman–Crippen MR) is 78.1 cm³/mol. The molecule has 0 saturated heterocycles. The number of benzene rings is 1. The zero-order chi connectivity index (χ0) is 15.9. The Labute approximate surface area is 128 Å². The van der Waals surface area contributed by atoms with Crippen LogP contribution in [0.5, 0.6) is 0 Å². The lowest BCUT2D eigenvalue weighted by atomic mass is 9.92. The first-order chi connectivity index (χ1) is 10.4. The zero-order valence-corrected chi connectivity index (χ0v) is 12.7. The summed E-state index contributed by atoms with van der Waals surface area (Å²) < 4.78 is 31.5. The molecule has 0 fully saturated rings. The van der Waals surface area contributed by atoms with Gasteiger partial charge in [0.1, 0.15) is 6.26 Å². The fourth-order valence-electron chi connectivity index (χ4n) is 2.69. The van der Waals surface area contributed by atoms with Gasteiger partial charge in [-0.2, -0.15) is 4.31 Å². The molecule has 0 radical (unpaired) electrons. The summed E-state index contributed by atoms with van der Waals surface area (Å²) in [6, 6.07) is 8.75. The number of hydrogen-bond donors (Lipinski definition) is 1. The Morgan fingerprint density at radius 1 is 1.36 bits per heavy atom. The van der Waals surface area contributed by atoms with E-state index >= 15 is 0 Å². The van der Waals surface area contributed by atoms with Crippen LogP contribution in [0.2, 0.25) is 0 Å². The third-order valence-electron chi connectivity index (χ3n) is 3.83. The van der Waals surface area contributed by atoms with Crippen molar-refractivity contribution < 1.29 is 22.7 Å². The minimum absolute atomic E-state index is 0.0635. The number of fused-ring (bicyclic) bond motifs is 1. The van der Waals surface area contributed by atoms with Gasteiger partial charge in [-0.05, 0) is 17.0 Å². The van der Waals surface area contributed by atoms with Crippen molar-refractivity contribution in [3.63, 3.8) is 0 Å². The molecule has 22 heavy (non-hydrogen) atoms. The number of carboxylic acid groups (broad SMARTS) is 1. The van der Waals surface area contributed by atoms with E-state index in [4.69, 9.17) is 9.52 Å².